The number of nitrogens with one attached hydrogen (secondary N) is 1. The fourth-order valence-electron chi connectivity index (χ4n) is 1.72. The van der Waals surface area contributed by atoms with Gasteiger partial charge >= 0.3 is 0 Å². The number of anilines is 1. The van der Waals surface area contributed by atoms with Gasteiger partial charge in [-0.15, -0.1) is 0 Å². The Labute approximate surface area is 142 Å². The van der Waals surface area contributed by atoms with Gasteiger partial charge in [0.05, 0.1) is 9.95 Å². The third-order valence-corrected chi connectivity index (χ3v) is 3.46. The summed E-state index contributed by atoms with van der Waals surface area (Å²) in [6.07, 6.45) is -0.843. The number of hydrogen-bond donors (Lipinski definition) is 1. The van der Waals surface area contributed by atoms with Crippen molar-refractivity contribution in [2.45, 2.75) is 13.0 Å². The molecule has 1 N–H and O–H groups in total. The molecule has 2 aromatic rings. The predicted molar refractivity (Wildman–Crippen MR) is 88.3 cm³/mol. The Morgan fingerprint density at radius 3 is 2.43 bits per heavy atom. The first-order chi connectivity index (χ1) is 10.9. The summed E-state index contributed by atoms with van der Waals surface area (Å²) in [5.74, 6) is -0.197. The fraction of sp³-hybridized carbons (Fsp3) is 0.133. The zero-order chi connectivity index (χ0) is 17.0. The van der Waals surface area contributed by atoms with E-state index in [-0.39, 0.29) is 22.4 Å². The molecule has 8 heteroatoms. The van der Waals surface area contributed by atoms with Gasteiger partial charge in [0.1, 0.15) is 5.75 Å². The van der Waals surface area contributed by atoms with Crippen LogP contribution >= 0.6 is 23.2 Å². The van der Waals surface area contributed by atoms with Crippen molar-refractivity contribution in [3.05, 3.63) is 62.6 Å². The number of carbonyl (C=O) groups excluding carboxylic acids is 1. The summed E-state index contributed by atoms with van der Waals surface area (Å²) in [6.45, 7) is 1.54. The van der Waals surface area contributed by atoms with Crippen molar-refractivity contribution in [3.63, 3.8) is 0 Å². The number of benzene rings is 2. The van der Waals surface area contributed by atoms with E-state index in [1.54, 1.807) is 31.2 Å². The topological polar surface area (TPSA) is 81.5 Å². The molecule has 0 fully saturated rings. The fourth-order valence-corrected chi connectivity index (χ4v) is 2.07. The predicted octanol–water partition coefficient (Wildman–Crippen LogP) is 4.31. The van der Waals surface area contributed by atoms with Crippen LogP contribution < -0.4 is 10.1 Å². The Hall–Kier alpha value is -2.31. The molecule has 0 saturated carbocycles. The van der Waals surface area contributed by atoms with Gasteiger partial charge in [-0.1, -0.05) is 23.2 Å². The number of nitrogens with zero attached hydrogens (tertiary/aromatic N) is 1. The van der Waals surface area contributed by atoms with Crippen molar-refractivity contribution < 1.29 is 14.5 Å². The molecule has 0 unspecified atom stereocenters. The van der Waals surface area contributed by atoms with Gasteiger partial charge in [-0.05, 0) is 37.3 Å². The number of ether oxygens (including phenoxy) is 1. The molecule has 0 saturated heterocycles. The lowest BCUT2D eigenvalue weighted by Crippen LogP contribution is -2.30. The first kappa shape index (κ1) is 17.1. The molecule has 120 valence electrons. The third-order valence-electron chi connectivity index (χ3n) is 2.91. The molecule has 2 rings (SSSR count). The zero-order valence-corrected chi connectivity index (χ0v) is 13.5. The summed E-state index contributed by atoms with van der Waals surface area (Å²) in [4.78, 5) is 22.2. The molecule has 0 aliphatic carbocycles. The van der Waals surface area contributed by atoms with Crippen LogP contribution in [-0.4, -0.2) is 16.9 Å². The van der Waals surface area contributed by atoms with Crippen LogP contribution in [0.15, 0.2) is 42.5 Å². The van der Waals surface area contributed by atoms with E-state index in [4.69, 9.17) is 27.9 Å². The number of nitro benzene ring substituents is 1. The second-order valence-electron chi connectivity index (χ2n) is 4.63. The van der Waals surface area contributed by atoms with E-state index in [9.17, 15) is 14.9 Å². The van der Waals surface area contributed by atoms with Crippen molar-refractivity contribution in [1.82, 2.24) is 0 Å². The number of carbonyl (C=O) groups is 1. The Kier molecular flexibility index (Phi) is 5.41. The lowest BCUT2D eigenvalue weighted by molar-refractivity contribution is -0.384. The number of hydrogen-bond acceptors (Lipinski definition) is 4. The molecule has 0 heterocycles. The monoisotopic (exact) mass is 354 g/mol. The van der Waals surface area contributed by atoms with Crippen molar-refractivity contribution >= 4 is 40.5 Å². The van der Waals surface area contributed by atoms with E-state index in [1.165, 1.54) is 18.2 Å². The number of rotatable bonds is 5. The van der Waals surface area contributed by atoms with E-state index in [2.05, 4.69) is 5.32 Å². The number of non-ortho nitro benzene ring substituents is 1. The van der Waals surface area contributed by atoms with Crippen molar-refractivity contribution in [1.29, 1.82) is 0 Å². The average Bonchev–Trinajstić information content (AvgIpc) is 2.51. The number of halogens is 2. The molecule has 0 aliphatic rings. The van der Waals surface area contributed by atoms with Crippen LogP contribution in [0.5, 0.6) is 5.75 Å². The van der Waals surface area contributed by atoms with Gasteiger partial charge in [0.15, 0.2) is 6.10 Å². The molecule has 0 aliphatic heterocycles. The molecule has 1 amide bonds. The first-order valence-corrected chi connectivity index (χ1v) is 7.29. The first-order valence-electron chi connectivity index (χ1n) is 6.54. The molecule has 1 atom stereocenters. The van der Waals surface area contributed by atoms with Gasteiger partial charge in [0.25, 0.3) is 11.6 Å². The van der Waals surface area contributed by atoms with Crippen molar-refractivity contribution in [3.8, 4) is 5.75 Å². The summed E-state index contributed by atoms with van der Waals surface area (Å²) < 4.78 is 5.44. The van der Waals surface area contributed by atoms with Crippen molar-refractivity contribution in [2.24, 2.45) is 0 Å². The SMILES string of the molecule is C[C@H](Oc1ccc([N+](=O)[O-])cc1Cl)C(=O)Nc1ccc(Cl)cc1. The third kappa shape index (κ3) is 4.58. The molecular weight excluding hydrogens is 343 g/mol. The highest BCUT2D eigenvalue weighted by Gasteiger charge is 2.18. The van der Waals surface area contributed by atoms with Crippen LogP contribution in [0, 0.1) is 10.1 Å². The van der Waals surface area contributed by atoms with E-state index < -0.39 is 11.0 Å². The molecule has 6 nitrogen and oxygen atoms in total. The molecule has 23 heavy (non-hydrogen) atoms. The summed E-state index contributed by atoms with van der Waals surface area (Å²) >= 11 is 11.7. The van der Waals surface area contributed by atoms with Crippen LogP contribution in [0.3, 0.4) is 0 Å². The summed E-state index contributed by atoms with van der Waals surface area (Å²) in [5.41, 5.74) is 0.422. The largest absolute Gasteiger partial charge is 0.479 e. The zero-order valence-electron chi connectivity index (χ0n) is 12.0. The van der Waals surface area contributed by atoms with Crippen LogP contribution in [0.4, 0.5) is 11.4 Å². The van der Waals surface area contributed by atoms with Crippen LogP contribution in [-0.2, 0) is 4.79 Å². The maximum absolute atomic E-state index is 12.1. The second kappa shape index (κ2) is 7.30. The highest BCUT2D eigenvalue weighted by Crippen LogP contribution is 2.29. The minimum absolute atomic E-state index is 0.0605. The maximum Gasteiger partial charge on any atom is 0.271 e. The van der Waals surface area contributed by atoms with Gasteiger partial charge in [-0.2, -0.15) is 0 Å². The number of nitro groups is 1. The van der Waals surface area contributed by atoms with Crippen LogP contribution in [0.2, 0.25) is 10.0 Å². The van der Waals surface area contributed by atoms with Crippen LogP contribution in [0.1, 0.15) is 6.92 Å². The lowest BCUT2D eigenvalue weighted by Gasteiger charge is -2.15. The minimum atomic E-state index is -0.843. The highest BCUT2D eigenvalue weighted by atomic mass is 35.5. The van der Waals surface area contributed by atoms with Gasteiger partial charge in [-0.3, -0.25) is 14.9 Å². The molecule has 2 aromatic carbocycles. The smallest absolute Gasteiger partial charge is 0.271 e. The minimum Gasteiger partial charge on any atom is -0.479 e. The van der Waals surface area contributed by atoms with E-state index in [0.717, 1.165) is 0 Å². The quantitative estimate of drug-likeness (QED) is 0.640. The summed E-state index contributed by atoms with van der Waals surface area (Å²) in [5, 5.41) is 13.9. The molecular formula is C15H12Cl2N2O4. The van der Waals surface area contributed by atoms with E-state index >= 15 is 0 Å². The molecule has 0 radical (unpaired) electrons. The van der Waals surface area contributed by atoms with Gasteiger partial charge < -0.3 is 10.1 Å². The molecule has 0 bridgehead atoms. The summed E-state index contributed by atoms with van der Waals surface area (Å²) in [7, 11) is 0. The van der Waals surface area contributed by atoms with Crippen molar-refractivity contribution in [2.75, 3.05) is 5.32 Å². The van der Waals surface area contributed by atoms with Gasteiger partial charge in [-0.25, -0.2) is 0 Å². The highest BCUT2D eigenvalue weighted by molar-refractivity contribution is 6.32. The average molecular weight is 355 g/mol. The van der Waals surface area contributed by atoms with Crippen LogP contribution in [0.25, 0.3) is 0 Å². The Bertz CT molecular complexity index is 735. The Morgan fingerprint density at radius 1 is 1.22 bits per heavy atom. The maximum atomic E-state index is 12.1. The van der Waals surface area contributed by atoms with Gasteiger partial charge in [0, 0.05) is 22.8 Å². The molecule has 0 aromatic heterocycles. The van der Waals surface area contributed by atoms with Gasteiger partial charge in [0.2, 0.25) is 0 Å². The molecule has 0 spiro atoms. The number of amides is 1. The van der Waals surface area contributed by atoms with E-state index in [0.29, 0.717) is 10.7 Å². The Morgan fingerprint density at radius 2 is 1.87 bits per heavy atom. The lowest BCUT2D eigenvalue weighted by atomic mass is 10.3. The summed E-state index contributed by atoms with van der Waals surface area (Å²) in [6, 6.07) is 10.4. The van der Waals surface area contributed by atoms with E-state index in [1.807, 2.05) is 0 Å². The Balaban J connectivity index is 2.03. The normalized spacial score (nSPS) is 11.6. The second-order valence-corrected chi connectivity index (χ2v) is 5.47. The standard InChI is InChI=1S/C15H12Cl2N2O4/c1-9(15(20)18-11-4-2-10(16)3-5-11)23-14-7-6-12(19(21)22)8-13(14)17/h2-9H,1H3,(H,18,20)/t9-/m0/s1.